The fourth-order valence-electron chi connectivity index (χ4n) is 0.957. The Balaban J connectivity index is 3.12. The number of aromatic nitrogens is 1. The minimum Gasteiger partial charge on any atom is -0.325 e. The second-order valence-corrected chi connectivity index (χ2v) is 3.95. The monoisotopic (exact) mass is 271 g/mol. The number of hydrogen-bond donors (Lipinski definition) is 1. The van der Waals surface area contributed by atoms with Crippen molar-refractivity contribution in [3.05, 3.63) is 38.6 Å². The van der Waals surface area contributed by atoms with E-state index in [1.54, 1.807) is 19.1 Å². The summed E-state index contributed by atoms with van der Waals surface area (Å²) in [5.74, 6) is 0. The van der Waals surface area contributed by atoms with E-state index < -0.39 is 4.92 Å². The normalized spacial score (nSPS) is 13.0. The molecule has 0 fully saturated rings. The first-order chi connectivity index (χ1) is 7.00. The zero-order chi connectivity index (χ0) is 11.4. The molecule has 0 saturated carbocycles. The zero-order valence-corrected chi connectivity index (χ0v) is 9.64. The van der Waals surface area contributed by atoms with Gasteiger partial charge in [0.05, 0.1) is 4.92 Å². The van der Waals surface area contributed by atoms with E-state index in [-0.39, 0.29) is 11.7 Å². The van der Waals surface area contributed by atoms with Crippen molar-refractivity contribution < 1.29 is 4.92 Å². The molecule has 6 heteroatoms. The van der Waals surface area contributed by atoms with Crippen LogP contribution in [0.2, 0.25) is 0 Å². The minimum absolute atomic E-state index is 0.0405. The number of nitro groups is 1. The first-order valence-corrected chi connectivity index (χ1v) is 5.03. The average Bonchev–Trinajstić information content (AvgIpc) is 2.15. The summed E-state index contributed by atoms with van der Waals surface area (Å²) in [5.41, 5.74) is 5.77. The van der Waals surface area contributed by atoms with E-state index in [2.05, 4.69) is 20.9 Å². The largest absolute Gasteiger partial charge is 0.325 e. The highest BCUT2D eigenvalue weighted by molar-refractivity contribution is 9.10. The Kier molecular flexibility index (Phi) is 3.93. The van der Waals surface area contributed by atoms with Gasteiger partial charge in [0.2, 0.25) is 0 Å². The summed E-state index contributed by atoms with van der Waals surface area (Å²) in [6.07, 6.45) is 4.71. The summed E-state index contributed by atoms with van der Waals surface area (Å²) in [7, 11) is 0. The molecule has 0 radical (unpaired) electrons. The highest BCUT2D eigenvalue weighted by atomic mass is 79.9. The fraction of sp³-hybridized carbons (Fsp3) is 0.222. The second-order valence-electron chi connectivity index (χ2n) is 3.03. The van der Waals surface area contributed by atoms with Gasteiger partial charge in [-0.05, 0) is 28.9 Å². The van der Waals surface area contributed by atoms with Crippen molar-refractivity contribution in [1.29, 1.82) is 0 Å². The maximum absolute atomic E-state index is 10.7. The number of halogens is 1. The SMILES string of the molecule is CC(N)/C=C/c1ncc(Br)cc1[N+](=O)[O-]. The zero-order valence-electron chi connectivity index (χ0n) is 8.05. The topological polar surface area (TPSA) is 82.0 Å². The smallest absolute Gasteiger partial charge is 0.295 e. The second kappa shape index (κ2) is 4.99. The van der Waals surface area contributed by atoms with Crippen molar-refractivity contribution in [3.8, 4) is 0 Å². The Morgan fingerprint density at radius 2 is 2.40 bits per heavy atom. The van der Waals surface area contributed by atoms with Crippen molar-refractivity contribution in [2.45, 2.75) is 13.0 Å². The molecular weight excluding hydrogens is 262 g/mol. The summed E-state index contributed by atoms with van der Waals surface area (Å²) >= 11 is 3.13. The molecule has 80 valence electrons. The van der Waals surface area contributed by atoms with E-state index in [9.17, 15) is 10.1 Å². The molecule has 5 nitrogen and oxygen atoms in total. The van der Waals surface area contributed by atoms with Crippen LogP contribution in [0.1, 0.15) is 12.6 Å². The van der Waals surface area contributed by atoms with Gasteiger partial charge in [0.25, 0.3) is 5.69 Å². The molecule has 1 unspecified atom stereocenters. The maximum atomic E-state index is 10.7. The Labute approximate surface area is 95.3 Å². The molecule has 1 rings (SSSR count). The van der Waals surface area contributed by atoms with Crippen molar-refractivity contribution in [2.75, 3.05) is 0 Å². The maximum Gasteiger partial charge on any atom is 0.295 e. The highest BCUT2D eigenvalue weighted by Gasteiger charge is 2.13. The number of pyridine rings is 1. The molecule has 0 saturated heterocycles. The van der Waals surface area contributed by atoms with E-state index in [0.29, 0.717) is 10.2 Å². The predicted molar refractivity (Wildman–Crippen MR) is 61.3 cm³/mol. The molecule has 1 atom stereocenters. The van der Waals surface area contributed by atoms with Crippen LogP contribution in [0.4, 0.5) is 5.69 Å². The number of nitrogens with two attached hydrogens (primary N) is 1. The van der Waals surface area contributed by atoms with E-state index in [4.69, 9.17) is 5.73 Å². The van der Waals surface area contributed by atoms with Crippen LogP contribution >= 0.6 is 15.9 Å². The quantitative estimate of drug-likeness (QED) is 0.674. The Morgan fingerprint density at radius 1 is 1.73 bits per heavy atom. The lowest BCUT2D eigenvalue weighted by Crippen LogP contribution is -2.10. The van der Waals surface area contributed by atoms with Crippen LogP contribution in [-0.2, 0) is 0 Å². The summed E-state index contributed by atoms with van der Waals surface area (Å²) < 4.78 is 0.576. The van der Waals surface area contributed by atoms with Gasteiger partial charge in [-0.25, -0.2) is 4.98 Å². The van der Waals surface area contributed by atoms with Gasteiger partial charge < -0.3 is 5.73 Å². The third-order valence-corrected chi connectivity index (χ3v) is 2.05. The molecule has 0 aliphatic rings. The molecule has 0 aliphatic heterocycles. The highest BCUT2D eigenvalue weighted by Crippen LogP contribution is 2.22. The molecule has 2 N–H and O–H groups in total. The van der Waals surface area contributed by atoms with Crippen LogP contribution in [-0.4, -0.2) is 15.9 Å². The standard InChI is InChI=1S/C9H10BrN3O2/c1-6(11)2-3-8-9(13(14)15)4-7(10)5-12-8/h2-6H,11H2,1H3/b3-2+. The summed E-state index contributed by atoms with van der Waals surface area (Å²) in [6.45, 7) is 1.78. The van der Waals surface area contributed by atoms with Gasteiger partial charge in [0.15, 0.2) is 0 Å². The molecule has 1 aromatic heterocycles. The third-order valence-electron chi connectivity index (χ3n) is 1.62. The van der Waals surface area contributed by atoms with Gasteiger partial charge in [-0.2, -0.15) is 0 Å². The molecule has 1 heterocycles. The van der Waals surface area contributed by atoms with Crippen molar-refractivity contribution in [1.82, 2.24) is 4.98 Å². The van der Waals surface area contributed by atoms with Crippen LogP contribution in [0.25, 0.3) is 6.08 Å². The Morgan fingerprint density at radius 3 is 2.93 bits per heavy atom. The molecule has 0 amide bonds. The Hall–Kier alpha value is -1.27. The van der Waals surface area contributed by atoms with Gasteiger partial charge in [0, 0.05) is 22.8 Å². The Bertz CT molecular complexity index is 404. The van der Waals surface area contributed by atoms with E-state index >= 15 is 0 Å². The van der Waals surface area contributed by atoms with Crippen LogP contribution < -0.4 is 5.73 Å². The summed E-state index contributed by atoms with van der Waals surface area (Å²) in [6, 6.07) is 1.25. The van der Waals surface area contributed by atoms with Gasteiger partial charge in [-0.3, -0.25) is 10.1 Å². The van der Waals surface area contributed by atoms with Crippen LogP contribution in [0.5, 0.6) is 0 Å². The lowest BCUT2D eigenvalue weighted by atomic mass is 10.2. The fourth-order valence-corrected chi connectivity index (χ4v) is 1.28. The molecule has 15 heavy (non-hydrogen) atoms. The minimum atomic E-state index is -0.474. The van der Waals surface area contributed by atoms with E-state index in [1.165, 1.54) is 12.3 Å². The number of rotatable bonds is 3. The molecule has 0 spiro atoms. The molecule has 0 aromatic carbocycles. The van der Waals surface area contributed by atoms with Gasteiger partial charge in [-0.1, -0.05) is 6.08 Å². The summed E-state index contributed by atoms with van der Waals surface area (Å²) in [5, 5.41) is 10.7. The van der Waals surface area contributed by atoms with Crippen molar-refractivity contribution >= 4 is 27.7 Å². The number of hydrogen-bond acceptors (Lipinski definition) is 4. The first-order valence-electron chi connectivity index (χ1n) is 4.24. The van der Waals surface area contributed by atoms with E-state index in [0.717, 1.165) is 0 Å². The molecule has 1 aromatic rings. The van der Waals surface area contributed by atoms with E-state index in [1.807, 2.05) is 0 Å². The lowest BCUT2D eigenvalue weighted by Gasteiger charge is -1.98. The first kappa shape index (κ1) is 11.8. The number of nitrogens with zero attached hydrogens (tertiary/aromatic N) is 2. The van der Waals surface area contributed by atoms with Gasteiger partial charge in [0.1, 0.15) is 5.69 Å². The molecular formula is C9H10BrN3O2. The van der Waals surface area contributed by atoms with Crippen molar-refractivity contribution in [3.63, 3.8) is 0 Å². The van der Waals surface area contributed by atoms with Crippen molar-refractivity contribution in [2.24, 2.45) is 5.73 Å². The average molecular weight is 272 g/mol. The lowest BCUT2D eigenvalue weighted by molar-refractivity contribution is -0.385. The van der Waals surface area contributed by atoms with Crippen LogP contribution in [0.15, 0.2) is 22.8 Å². The third kappa shape index (κ3) is 3.41. The van der Waals surface area contributed by atoms with Crippen LogP contribution in [0, 0.1) is 10.1 Å². The van der Waals surface area contributed by atoms with Gasteiger partial charge in [-0.15, -0.1) is 0 Å². The molecule has 0 aliphatic carbocycles. The van der Waals surface area contributed by atoms with Crippen LogP contribution in [0.3, 0.4) is 0 Å². The molecule has 0 bridgehead atoms. The predicted octanol–water partition coefficient (Wildman–Crippen LogP) is 2.11. The van der Waals surface area contributed by atoms with Gasteiger partial charge >= 0.3 is 0 Å². The summed E-state index contributed by atoms with van der Waals surface area (Å²) in [4.78, 5) is 14.2.